The third-order valence-corrected chi connectivity index (χ3v) is 6.21. The van der Waals surface area contributed by atoms with E-state index in [2.05, 4.69) is 4.98 Å². The molecule has 0 fully saturated rings. The molecule has 1 N–H and O–H groups in total. The molecular weight excluding hydrogens is 451 g/mol. The highest BCUT2D eigenvalue weighted by molar-refractivity contribution is 7.17. The van der Waals surface area contributed by atoms with Gasteiger partial charge in [0.15, 0.2) is 16.7 Å². The zero-order chi connectivity index (χ0) is 23.9. The largest absolute Gasteiger partial charge is 0.503 e. The van der Waals surface area contributed by atoms with Crippen LogP contribution in [0.2, 0.25) is 0 Å². The lowest BCUT2D eigenvalue weighted by Crippen LogP contribution is -2.31. The molecule has 0 radical (unpaired) electrons. The Hall–Kier alpha value is -3.79. The SMILES string of the molecule is CCOC(=O)c1sc(N2C(=O)C(O)=C(C(=O)c3ccc(C)o3)[C@@H]2c2ccccc2F)nc1C. The van der Waals surface area contributed by atoms with E-state index in [0.29, 0.717) is 11.5 Å². The molecule has 8 nitrogen and oxygen atoms in total. The van der Waals surface area contributed by atoms with Crippen LogP contribution in [-0.2, 0) is 9.53 Å². The first-order valence-electron chi connectivity index (χ1n) is 10.0. The van der Waals surface area contributed by atoms with Crippen molar-refractivity contribution < 1.29 is 33.0 Å². The summed E-state index contributed by atoms with van der Waals surface area (Å²) in [5.74, 6) is -3.50. The van der Waals surface area contributed by atoms with Crippen LogP contribution in [0.25, 0.3) is 0 Å². The van der Waals surface area contributed by atoms with Crippen molar-refractivity contribution in [3.05, 3.63) is 81.2 Å². The third kappa shape index (κ3) is 3.82. The predicted molar refractivity (Wildman–Crippen MR) is 117 cm³/mol. The van der Waals surface area contributed by atoms with E-state index in [9.17, 15) is 23.9 Å². The van der Waals surface area contributed by atoms with E-state index >= 15 is 0 Å². The minimum Gasteiger partial charge on any atom is -0.503 e. The fourth-order valence-electron chi connectivity index (χ4n) is 3.59. The van der Waals surface area contributed by atoms with Crippen LogP contribution in [0.4, 0.5) is 9.52 Å². The van der Waals surface area contributed by atoms with Crippen molar-refractivity contribution in [1.82, 2.24) is 4.98 Å². The lowest BCUT2D eigenvalue weighted by Gasteiger charge is -2.24. The average molecular weight is 470 g/mol. The molecule has 0 saturated carbocycles. The number of aryl methyl sites for hydroxylation is 2. The fourth-order valence-corrected chi connectivity index (χ4v) is 4.57. The van der Waals surface area contributed by atoms with E-state index in [0.717, 1.165) is 16.2 Å². The number of aromatic nitrogens is 1. The first kappa shape index (κ1) is 22.4. The Balaban J connectivity index is 1.87. The van der Waals surface area contributed by atoms with Gasteiger partial charge in [0, 0.05) is 5.56 Å². The van der Waals surface area contributed by atoms with Crippen LogP contribution in [0.3, 0.4) is 0 Å². The molecule has 0 unspecified atom stereocenters. The van der Waals surface area contributed by atoms with Gasteiger partial charge in [0.2, 0.25) is 5.78 Å². The molecule has 0 saturated heterocycles. The number of hydrogen-bond donors (Lipinski definition) is 1. The Labute approximate surface area is 191 Å². The summed E-state index contributed by atoms with van der Waals surface area (Å²) in [6.07, 6.45) is 0. The highest BCUT2D eigenvalue weighted by atomic mass is 32.1. The molecule has 3 aromatic rings. The number of furan rings is 1. The summed E-state index contributed by atoms with van der Waals surface area (Å²) >= 11 is 0.853. The second-order valence-electron chi connectivity index (χ2n) is 7.23. The first-order valence-corrected chi connectivity index (χ1v) is 10.8. The van der Waals surface area contributed by atoms with Gasteiger partial charge in [0.1, 0.15) is 22.5 Å². The Bertz CT molecular complexity index is 1310. The molecule has 170 valence electrons. The summed E-state index contributed by atoms with van der Waals surface area (Å²) in [5.41, 5.74) is -0.0634. The van der Waals surface area contributed by atoms with Crippen LogP contribution >= 0.6 is 11.3 Å². The molecular formula is C23H19FN2O6S. The van der Waals surface area contributed by atoms with E-state index in [1.165, 1.54) is 24.3 Å². The number of thiazole rings is 1. The summed E-state index contributed by atoms with van der Waals surface area (Å²) in [7, 11) is 0. The van der Waals surface area contributed by atoms with Crippen LogP contribution in [0.1, 0.15) is 50.2 Å². The van der Waals surface area contributed by atoms with Crippen molar-refractivity contribution in [3.63, 3.8) is 0 Å². The summed E-state index contributed by atoms with van der Waals surface area (Å²) < 4.78 is 25.3. The molecule has 3 heterocycles. The van der Waals surface area contributed by atoms with Gasteiger partial charge in [-0.3, -0.25) is 14.5 Å². The number of ether oxygens (including phenoxy) is 1. The normalized spacial score (nSPS) is 15.9. The Morgan fingerprint density at radius 1 is 1.24 bits per heavy atom. The highest BCUT2D eigenvalue weighted by Crippen LogP contribution is 2.44. The van der Waals surface area contributed by atoms with Crippen LogP contribution in [0.5, 0.6) is 0 Å². The van der Waals surface area contributed by atoms with Crippen molar-refractivity contribution in [1.29, 1.82) is 0 Å². The Morgan fingerprint density at radius 3 is 2.61 bits per heavy atom. The van der Waals surface area contributed by atoms with Gasteiger partial charge in [-0.15, -0.1) is 0 Å². The molecule has 1 atom stereocenters. The van der Waals surface area contributed by atoms with Gasteiger partial charge in [0.05, 0.1) is 17.9 Å². The number of nitrogens with zero attached hydrogens (tertiary/aromatic N) is 2. The van der Waals surface area contributed by atoms with Gasteiger partial charge in [-0.1, -0.05) is 29.5 Å². The quantitative estimate of drug-likeness (QED) is 0.419. The van der Waals surface area contributed by atoms with Gasteiger partial charge in [0.25, 0.3) is 5.91 Å². The number of anilines is 1. The molecule has 0 spiro atoms. The summed E-state index contributed by atoms with van der Waals surface area (Å²) in [5, 5.41) is 10.7. The second-order valence-corrected chi connectivity index (χ2v) is 8.21. The van der Waals surface area contributed by atoms with Crippen LogP contribution < -0.4 is 4.90 Å². The number of benzene rings is 1. The first-order chi connectivity index (χ1) is 15.7. The summed E-state index contributed by atoms with van der Waals surface area (Å²) in [6, 6.07) is 7.26. The van der Waals surface area contributed by atoms with Crippen molar-refractivity contribution in [2.24, 2.45) is 0 Å². The minimum absolute atomic E-state index is 0.0128. The van der Waals surface area contributed by atoms with Gasteiger partial charge < -0.3 is 14.3 Å². The van der Waals surface area contributed by atoms with Gasteiger partial charge >= 0.3 is 5.97 Å². The smallest absolute Gasteiger partial charge is 0.350 e. The van der Waals surface area contributed by atoms with E-state index in [1.807, 2.05) is 0 Å². The summed E-state index contributed by atoms with van der Waals surface area (Å²) in [6.45, 7) is 5.01. The van der Waals surface area contributed by atoms with E-state index in [4.69, 9.17) is 9.15 Å². The number of carbonyl (C=O) groups excluding carboxylic acids is 3. The molecule has 1 aromatic carbocycles. The monoisotopic (exact) mass is 470 g/mol. The molecule has 1 aliphatic rings. The van der Waals surface area contributed by atoms with Gasteiger partial charge in [-0.2, -0.15) is 0 Å². The maximum Gasteiger partial charge on any atom is 0.350 e. The number of hydrogen-bond acceptors (Lipinski definition) is 8. The third-order valence-electron chi connectivity index (χ3n) is 5.07. The molecule has 0 aliphatic carbocycles. The van der Waals surface area contributed by atoms with Crippen LogP contribution in [0, 0.1) is 19.7 Å². The molecule has 10 heteroatoms. The number of halogens is 1. The number of carbonyl (C=O) groups is 3. The standard InChI is InChI=1S/C23H19FN2O6S/c1-4-31-22(30)20-12(3)25-23(33-20)26-17(13-7-5-6-8-14(13)24)16(19(28)21(26)29)18(27)15-10-9-11(2)32-15/h5-10,17,28H,4H2,1-3H3/t17-/m0/s1. The van der Waals surface area contributed by atoms with Gasteiger partial charge in [-0.05, 0) is 39.0 Å². The molecule has 2 aromatic heterocycles. The lowest BCUT2D eigenvalue weighted by atomic mass is 9.95. The molecule has 33 heavy (non-hydrogen) atoms. The molecule has 0 bridgehead atoms. The lowest BCUT2D eigenvalue weighted by molar-refractivity contribution is -0.117. The highest BCUT2D eigenvalue weighted by Gasteiger charge is 2.47. The number of esters is 1. The maximum atomic E-state index is 14.9. The Kier molecular flexibility index (Phi) is 5.86. The molecule has 4 rings (SSSR count). The van der Waals surface area contributed by atoms with Crippen LogP contribution in [-0.4, -0.2) is 34.4 Å². The van der Waals surface area contributed by atoms with Crippen molar-refractivity contribution in [2.75, 3.05) is 11.5 Å². The summed E-state index contributed by atoms with van der Waals surface area (Å²) in [4.78, 5) is 44.1. The van der Waals surface area contributed by atoms with Crippen molar-refractivity contribution in [2.45, 2.75) is 26.8 Å². The average Bonchev–Trinajstić information content (AvgIpc) is 3.45. The zero-order valence-electron chi connectivity index (χ0n) is 17.9. The molecule has 1 amide bonds. The number of amides is 1. The van der Waals surface area contributed by atoms with E-state index in [1.54, 1.807) is 32.9 Å². The van der Waals surface area contributed by atoms with Gasteiger partial charge in [-0.25, -0.2) is 14.2 Å². The number of aliphatic hydroxyl groups excluding tert-OH is 1. The zero-order valence-corrected chi connectivity index (χ0v) is 18.7. The topological polar surface area (TPSA) is 110 Å². The van der Waals surface area contributed by atoms with Crippen molar-refractivity contribution in [3.8, 4) is 0 Å². The Morgan fingerprint density at radius 2 is 1.97 bits per heavy atom. The maximum absolute atomic E-state index is 14.9. The predicted octanol–water partition coefficient (Wildman–Crippen LogP) is 4.45. The van der Waals surface area contributed by atoms with E-state index < -0.39 is 35.3 Å². The number of aliphatic hydroxyl groups is 1. The van der Waals surface area contributed by atoms with E-state index in [-0.39, 0.29) is 33.5 Å². The fraction of sp³-hybridized carbons (Fsp3) is 0.217. The number of rotatable bonds is 6. The van der Waals surface area contributed by atoms with Crippen molar-refractivity contribution >= 4 is 34.1 Å². The van der Waals surface area contributed by atoms with Crippen LogP contribution in [0.15, 0.2) is 52.1 Å². The minimum atomic E-state index is -1.32. The number of ketones is 1. The second kappa shape index (κ2) is 8.62. The molecule has 1 aliphatic heterocycles. The number of Topliss-reactive ketones (excluding diaryl/α,β-unsaturated/α-hetero) is 1.